The number of rotatable bonds is 4. The predicted octanol–water partition coefficient (Wildman–Crippen LogP) is 5.80. The number of ether oxygens (including phenoxy) is 1. The van der Waals surface area contributed by atoms with Crippen LogP contribution in [-0.4, -0.2) is 12.8 Å². The van der Waals surface area contributed by atoms with Crippen molar-refractivity contribution >= 4 is 46.7 Å². The molecule has 0 unspecified atom stereocenters. The Hall–Kier alpha value is -1.22. The number of benzene rings is 2. The van der Waals surface area contributed by atoms with Gasteiger partial charge in [-0.15, -0.1) is 0 Å². The highest BCUT2D eigenvalue weighted by Crippen LogP contribution is 2.27. The molecule has 0 spiro atoms. The van der Waals surface area contributed by atoms with Crippen LogP contribution in [0, 0.1) is 0 Å². The van der Waals surface area contributed by atoms with Crippen LogP contribution in [0.4, 0.5) is 5.69 Å². The van der Waals surface area contributed by atoms with Crippen LogP contribution in [0.2, 0.25) is 15.1 Å². The maximum atomic E-state index is 5.99. The number of hydrogen-bond donors (Lipinski definition) is 0. The van der Waals surface area contributed by atoms with Crippen LogP contribution in [0.15, 0.2) is 41.4 Å². The lowest BCUT2D eigenvalue weighted by molar-refractivity contribution is 0.340. The molecule has 0 fully saturated rings. The second kappa shape index (κ2) is 6.98. The summed E-state index contributed by atoms with van der Waals surface area (Å²) < 4.78 is 5.53. The van der Waals surface area contributed by atoms with E-state index in [1.165, 1.54) is 0 Å². The molecule has 0 atom stereocenters. The average molecular weight is 329 g/mol. The van der Waals surface area contributed by atoms with Crippen LogP contribution in [0.5, 0.6) is 5.75 Å². The third kappa shape index (κ3) is 3.89. The lowest BCUT2D eigenvalue weighted by atomic mass is 10.2. The number of aliphatic imine (C=N–C) groups is 1. The van der Waals surface area contributed by atoms with Crippen molar-refractivity contribution in [3.8, 4) is 5.75 Å². The SMILES string of the molecule is CCOc1ccc(Cl)cc1C=Nc1ccc(Cl)c(Cl)c1. The van der Waals surface area contributed by atoms with Crippen LogP contribution in [0.1, 0.15) is 12.5 Å². The van der Waals surface area contributed by atoms with Crippen molar-refractivity contribution in [3.05, 3.63) is 57.0 Å². The Balaban J connectivity index is 2.30. The van der Waals surface area contributed by atoms with E-state index in [4.69, 9.17) is 39.5 Å². The standard InChI is InChI=1S/C15H12Cl3NO/c1-2-20-15-6-3-11(16)7-10(15)9-19-12-4-5-13(17)14(18)8-12/h3-9H,2H2,1H3. The Morgan fingerprint density at radius 1 is 1.05 bits per heavy atom. The molecule has 0 N–H and O–H groups in total. The van der Waals surface area contributed by atoms with E-state index in [9.17, 15) is 0 Å². The molecule has 2 nitrogen and oxygen atoms in total. The first kappa shape index (κ1) is 15.2. The molecule has 0 saturated heterocycles. The van der Waals surface area contributed by atoms with Crippen LogP contribution in [0.3, 0.4) is 0 Å². The summed E-state index contributed by atoms with van der Waals surface area (Å²) in [7, 11) is 0. The van der Waals surface area contributed by atoms with E-state index < -0.39 is 0 Å². The Morgan fingerprint density at radius 3 is 2.55 bits per heavy atom. The Labute approximate surface area is 133 Å². The van der Waals surface area contributed by atoms with Crippen molar-refractivity contribution in [2.45, 2.75) is 6.92 Å². The highest BCUT2D eigenvalue weighted by atomic mass is 35.5. The molecule has 5 heteroatoms. The molecule has 2 aromatic rings. The zero-order valence-corrected chi connectivity index (χ0v) is 13.0. The van der Waals surface area contributed by atoms with Gasteiger partial charge in [0.2, 0.25) is 0 Å². The molecule has 0 aromatic heterocycles. The molecule has 104 valence electrons. The van der Waals surface area contributed by atoms with Crippen molar-refractivity contribution < 1.29 is 4.74 Å². The second-order valence-electron chi connectivity index (χ2n) is 3.97. The fourth-order valence-electron chi connectivity index (χ4n) is 1.62. The van der Waals surface area contributed by atoms with E-state index in [-0.39, 0.29) is 0 Å². The number of nitrogens with zero attached hydrogens (tertiary/aromatic N) is 1. The zero-order chi connectivity index (χ0) is 14.5. The van der Waals surface area contributed by atoms with E-state index in [2.05, 4.69) is 4.99 Å². The Bertz CT molecular complexity index is 641. The fourth-order valence-corrected chi connectivity index (χ4v) is 2.09. The second-order valence-corrected chi connectivity index (χ2v) is 5.22. The quantitative estimate of drug-likeness (QED) is 0.650. The van der Waals surface area contributed by atoms with Crippen molar-refractivity contribution in [2.24, 2.45) is 4.99 Å². The molecule has 0 amide bonds. The molecule has 0 heterocycles. The summed E-state index contributed by atoms with van der Waals surface area (Å²) in [6, 6.07) is 10.6. The molecule has 0 radical (unpaired) electrons. The lowest BCUT2D eigenvalue weighted by Gasteiger charge is -2.07. The number of halogens is 3. The molecule has 2 aromatic carbocycles. The molecule has 2 rings (SSSR count). The Morgan fingerprint density at radius 2 is 1.85 bits per heavy atom. The van der Waals surface area contributed by atoms with E-state index in [0.29, 0.717) is 27.4 Å². The zero-order valence-electron chi connectivity index (χ0n) is 10.7. The van der Waals surface area contributed by atoms with Gasteiger partial charge in [0.1, 0.15) is 5.75 Å². The summed E-state index contributed by atoms with van der Waals surface area (Å²) in [4.78, 5) is 4.36. The lowest BCUT2D eigenvalue weighted by Crippen LogP contribution is -1.95. The van der Waals surface area contributed by atoms with E-state index in [1.807, 2.05) is 13.0 Å². The summed E-state index contributed by atoms with van der Waals surface area (Å²) in [5, 5.41) is 1.60. The van der Waals surface area contributed by atoms with Crippen LogP contribution in [-0.2, 0) is 0 Å². The third-order valence-corrected chi connectivity index (χ3v) is 3.50. The minimum Gasteiger partial charge on any atom is -0.493 e. The van der Waals surface area contributed by atoms with Gasteiger partial charge in [0.15, 0.2) is 0 Å². The third-order valence-electron chi connectivity index (χ3n) is 2.53. The normalized spacial score (nSPS) is 11.0. The summed E-state index contributed by atoms with van der Waals surface area (Å²) in [5.41, 5.74) is 1.52. The van der Waals surface area contributed by atoms with Crippen LogP contribution >= 0.6 is 34.8 Å². The van der Waals surface area contributed by atoms with Crippen molar-refractivity contribution in [2.75, 3.05) is 6.61 Å². The first-order valence-corrected chi connectivity index (χ1v) is 7.15. The summed E-state index contributed by atoms with van der Waals surface area (Å²) >= 11 is 17.8. The molecular formula is C15H12Cl3NO. The monoisotopic (exact) mass is 327 g/mol. The van der Waals surface area contributed by atoms with E-state index >= 15 is 0 Å². The van der Waals surface area contributed by atoms with Crippen LogP contribution in [0.25, 0.3) is 0 Å². The highest BCUT2D eigenvalue weighted by Gasteiger charge is 2.03. The van der Waals surface area contributed by atoms with Gasteiger partial charge >= 0.3 is 0 Å². The van der Waals surface area contributed by atoms with E-state index in [0.717, 1.165) is 11.3 Å². The van der Waals surface area contributed by atoms with Gasteiger partial charge in [-0.3, -0.25) is 4.99 Å². The minimum atomic E-state index is 0.470. The van der Waals surface area contributed by atoms with E-state index in [1.54, 1.807) is 36.5 Å². The molecular weight excluding hydrogens is 317 g/mol. The number of hydrogen-bond acceptors (Lipinski definition) is 2. The molecule has 0 aliphatic carbocycles. The van der Waals surface area contributed by atoms with Crippen LogP contribution < -0.4 is 4.74 Å². The van der Waals surface area contributed by atoms with Gasteiger partial charge in [0, 0.05) is 16.8 Å². The first-order valence-electron chi connectivity index (χ1n) is 6.01. The smallest absolute Gasteiger partial charge is 0.128 e. The van der Waals surface area contributed by atoms with Crippen molar-refractivity contribution in [1.29, 1.82) is 0 Å². The largest absolute Gasteiger partial charge is 0.493 e. The van der Waals surface area contributed by atoms with Gasteiger partial charge in [-0.25, -0.2) is 0 Å². The highest BCUT2D eigenvalue weighted by molar-refractivity contribution is 6.42. The van der Waals surface area contributed by atoms with Gasteiger partial charge in [0.25, 0.3) is 0 Å². The molecule has 0 aliphatic rings. The van der Waals surface area contributed by atoms with Gasteiger partial charge < -0.3 is 4.74 Å². The Kier molecular flexibility index (Phi) is 5.30. The fraction of sp³-hybridized carbons (Fsp3) is 0.133. The van der Waals surface area contributed by atoms with Gasteiger partial charge in [-0.05, 0) is 43.3 Å². The molecule has 0 bridgehead atoms. The van der Waals surface area contributed by atoms with Crippen molar-refractivity contribution in [1.82, 2.24) is 0 Å². The predicted molar refractivity (Wildman–Crippen MR) is 86.3 cm³/mol. The minimum absolute atomic E-state index is 0.470. The van der Waals surface area contributed by atoms with Gasteiger partial charge in [-0.1, -0.05) is 34.8 Å². The first-order chi connectivity index (χ1) is 9.60. The molecule has 20 heavy (non-hydrogen) atoms. The summed E-state index contributed by atoms with van der Waals surface area (Å²) in [6.45, 7) is 2.50. The average Bonchev–Trinajstić information content (AvgIpc) is 2.43. The topological polar surface area (TPSA) is 21.6 Å². The maximum absolute atomic E-state index is 5.99. The molecule has 0 saturated carbocycles. The van der Waals surface area contributed by atoms with Crippen molar-refractivity contribution in [3.63, 3.8) is 0 Å². The molecule has 0 aliphatic heterocycles. The van der Waals surface area contributed by atoms with Gasteiger partial charge in [-0.2, -0.15) is 0 Å². The maximum Gasteiger partial charge on any atom is 0.128 e. The summed E-state index contributed by atoms with van der Waals surface area (Å²) in [6.07, 6.45) is 1.69. The van der Waals surface area contributed by atoms with Gasteiger partial charge in [0.05, 0.1) is 22.3 Å². The summed E-state index contributed by atoms with van der Waals surface area (Å²) in [5.74, 6) is 0.737.